The van der Waals surface area contributed by atoms with Crippen LogP contribution in [-0.4, -0.2) is 17.4 Å². The summed E-state index contributed by atoms with van der Waals surface area (Å²) < 4.78 is 0. The first kappa shape index (κ1) is 13.7. The van der Waals surface area contributed by atoms with Gasteiger partial charge in [-0.25, -0.2) is 4.98 Å². The Morgan fingerprint density at radius 2 is 1.95 bits per heavy atom. The highest BCUT2D eigenvalue weighted by molar-refractivity contribution is 7.13. The number of benzene rings is 1. The number of nitrogens with zero attached hydrogens (tertiary/aromatic N) is 2. The number of rotatable bonds is 3. The summed E-state index contributed by atoms with van der Waals surface area (Å²) in [6, 6.07) is 7.96. The molecule has 2 rings (SSSR count). The summed E-state index contributed by atoms with van der Waals surface area (Å²) in [6.07, 6.45) is 0. The minimum absolute atomic E-state index is 0.0416. The van der Waals surface area contributed by atoms with Crippen molar-refractivity contribution >= 4 is 22.9 Å². The maximum Gasteiger partial charge on any atom is 0.270 e. The van der Waals surface area contributed by atoms with Gasteiger partial charge in [0, 0.05) is 12.2 Å². The molecule has 0 saturated heterocycles. The molecule has 0 spiro atoms. The SMILES string of the molecule is CCN(C(=O)c1sc(C)nc1C)c1ccccc1C. The van der Waals surface area contributed by atoms with Gasteiger partial charge in [-0.05, 0) is 39.3 Å². The number of hydrogen-bond donors (Lipinski definition) is 0. The number of hydrogen-bond acceptors (Lipinski definition) is 3. The van der Waals surface area contributed by atoms with Crippen molar-refractivity contribution in [3.05, 3.63) is 45.4 Å². The number of aryl methyl sites for hydroxylation is 3. The van der Waals surface area contributed by atoms with Crippen molar-refractivity contribution in [3.63, 3.8) is 0 Å². The fraction of sp³-hybridized carbons (Fsp3) is 0.333. The number of para-hydroxylation sites is 1. The summed E-state index contributed by atoms with van der Waals surface area (Å²) in [6.45, 7) is 8.49. The molecule has 0 N–H and O–H groups in total. The van der Waals surface area contributed by atoms with Gasteiger partial charge in [0.15, 0.2) is 0 Å². The number of carbonyl (C=O) groups excluding carboxylic acids is 1. The summed E-state index contributed by atoms with van der Waals surface area (Å²) in [5.74, 6) is 0.0416. The molecule has 1 heterocycles. The van der Waals surface area contributed by atoms with E-state index in [1.165, 1.54) is 11.3 Å². The van der Waals surface area contributed by atoms with Crippen LogP contribution in [0.5, 0.6) is 0 Å². The van der Waals surface area contributed by atoms with Crippen LogP contribution in [0.3, 0.4) is 0 Å². The lowest BCUT2D eigenvalue weighted by atomic mass is 10.1. The Morgan fingerprint density at radius 3 is 2.47 bits per heavy atom. The first-order chi connectivity index (χ1) is 9.04. The number of anilines is 1. The minimum atomic E-state index is 0.0416. The molecule has 0 bridgehead atoms. The first-order valence-electron chi connectivity index (χ1n) is 6.36. The predicted molar refractivity (Wildman–Crippen MR) is 80.1 cm³/mol. The van der Waals surface area contributed by atoms with Gasteiger partial charge in [0.05, 0.1) is 10.7 Å². The highest BCUT2D eigenvalue weighted by Gasteiger charge is 2.21. The molecule has 0 fully saturated rings. The van der Waals surface area contributed by atoms with E-state index in [9.17, 15) is 4.79 Å². The second kappa shape index (κ2) is 5.53. The van der Waals surface area contributed by atoms with Gasteiger partial charge < -0.3 is 4.90 Å². The molecule has 0 radical (unpaired) electrons. The van der Waals surface area contributed by atoms with E-state index >= 15 is 0 Å². The summed E-state index contributed by atoms with van der Waals surface area (Å²) >= 11 is 1.46. The van der Waals surface area contributed by atoms with Crippen molar-refractivity contribution in [1.82, 2.24) is 4.98 Å². The molecule has 4 heteroatoms. The first-order valence-corrected chi connectivity index (χ1v) is 7.17. The topological polar surface area (TPSA) is 33.2 Å². The van der Waals surface area contributed by atoms with E-state index < -0.39 is 0 Å². The molecule has 0 aliphatic carbocycles. The molecular weight excluding hydrogens is 256 g/mol. The maximum absolute atomic E-state index is 12.7. The van der Waals surface area contributed by atoms with Crippen LogP contribution >= 0.6 is 11.3 Å². The van der Waals surface area contributed by atoms with Crippen molar-refractivity contribution in [3.8, 4) is 0 Å². The molecule has 0 aliphatic rings. The average Bonchev–Trinajstić information content (AvgIpc) is 2.71. The van der Waals surface area contributed by atoms with E-state index in [4.69, 9.17) is 0 Å². The Morgan fingerprint density at radius 1 is 1.26 bits per heavy atom. The van der Waals surface area contributed by atoms with Crippen molar-refractivity contribution in [2.75, 3.05) is 11.4 Å². The van der Waals surface area contributed by atoms with Gasteiger partial charge in [-0.15, -0.1) is 11.3 Å². The van der Waals surface area contributed by atoms with Crippen molar-refractivity contribution < 1.29 is 4.79 Å². The second-order valence-electron chi connectivity index (χ2n) is 4.48. The quantitative estimate of drug-likeness (QED) is 0.854. The van der Waals surface area contributed by atoms with Crippen LogP contribution < -0.4 is 4.90 Å². The zero-order valence-electron chi connectivity index (χ0n) is 11.7. The molecule has 0 saturated carbocycles. The van der Waals surface area contributed by atoms with Gasteiger partial charge in [-0.3, -0.25) is 4.79 Å². The van der Waals surface area contributed by atoms with E-state index in [0.717, 1.165) is 26.8 Å². The molecule has 100 valence electrons. The molecule has 1 aromatic heterocycles. The van der Waals surface area contributed by atoms with Gasteiger partial charge in [0.1, 0.15) is 4.88 Å². The van der Waals surface area contributed by atoms with Crippen LogP contribution in [0.15, 0.2) is 24.3 Å². The van der Waals surface area contributed by atoms with Crippen LogP contribution in [0.4, 0.5) is 5.69 Å². The number of amides is 1. The van der Waals surface area contributed by atoms with E-state index in [1.54, 1.807) is 0 Å². The Labute approximate surface area is 117 Å². The lowest BCUT2D eigenvalue weighted by molar-refractivity contribution is 0.0991. The van der Waals surface area contributed by atoms with Crippen molar-refractivity contribution in [2.45, 2.75) is 27.7 Å². The van der Waals surface area contributed by atoms with Crippen LogP contribution in [-0.2, 0) is 0 Å². The molecule has 2 aromatic rings. The molecule has 0 aliphatic heterocycles. The Balaban J connectivity index is 2.41. The summed E-state index contributed by atoms with van der Waals surface area (Å²) in [5, 5.41) is 0.932. The highest BCUT2D eigenvalue weighted by Crippen LogP contribution is 2.25. The number of thiazole rings is 1. The highest BCUT2D eigenvalue weighted by atomic mass is 32.1. The molecule has 0 unspecified atom stereocenters. The fourth-order valence-corrected chi connectivity index (χ4v) is 3.01. The zero-order valence-corrected chi connectivity index (χ0v) is 12.5. The third-order valence-electron chi connectivity index (χ3n) is 3.07. The molecule has 1 amide bonds. The molecule has 0 atom stereocenters. The van der Waals surface area contributed by atoms with Gasteiger partial charge in [0.2, 0.25) is 0 Å². The molecule has 1 aromatic carbocycles. The summed E-state index contributed by atoms with van der Waals surface area (Å²) in [4.78, 5) is 19.5. The van der Waals surface area contributed by atoms with Crippen LogP contribution in [0.1, 0.15) is 32.9 Å². The lowest BCUT2D eigenvalue weighted by Gasteiger charge is -2.22. The van der Waals surface area contributed by atoms with Gasteiger partial charge in [0.25, 0.3) is 5.91 Å². The molecule has 19 heavy (non-hydrogen) atoms. The number of carbonyl (C=O) groups is 1. The standard InChI is InChI=1S/C15H18N2OS/c1-5-17(13-9-7-6-8-10(13)2)15(18)14-11(3)16-12(4)19-14/h6-9H,5H2,1-4H3. The Kier molecular flexibility index (Phi) is 4.00. The molecule has 3 nitrogen and oxygen atoms in total. The van der Waals surface area contributed by atoms with Crippen molar-refractivity contribution in [1.29, 1.82) is 0 Å². The summed E-state index contributed by atoms with van der Waals surface area (Å²) in [7, 11) is 0. The van der Waals surface area contributed by atoms with Gasteiger partial charge in [-0.1, -0.05) is 18.2 Å². The van der Waals surface area contributed by atoms with Gasteiger partial charge in [-0.2, -0.15) is 0 Å². The lowest BCUT2D eigenvalue weighted by Crippen LogP contribution is -2.31. The second-order valence-corrected chi connectivity index (χ2v) is 5.69. The Hall–Kier alpha value is -1.68. The third kappa shape index (κ3) is 2.68. The summed E-state index contributed by atoms with van der Waals surface area (Å²) in [5.41, 5.74) is 2.90. The monoisotopic (exact) mass is 274 g/mol. The normalized spacial score (nSPS) is 10.5. The maximum atomic E-state index is 12.7. The number of aromatic nitrogens is 1. The van der Waals surface area contributed by atoms with Crippen LogP contribution in [0, 0.1) is 20.8 Å². The Bertz CT molecular complexity index is 604. The largest absolute Gasteiger partial charge is 0.308 e. The van der Waals surface area contributed by atoms with E-state index in [0.29, 0.717) is 6.54 Å². The van der Waals surface area contributed by atoms with E-state index in [1.807, 2.05) is 56.9 Å². The predicted octanol–water partition coefficient (Wildman–Crippen LogP) is 3.74. The minimum Gasteiger partial charge on any atom is -0.308 e. The van der Waals surface area contributed by atoms with Crippen LogP contribution in [0.2, 0.25) is 0 Å². The molecular formula is C15H18N2OS. The fourth-order valence-electron chi connectivity index (χ4n) is 2.14. The van der Waals surface area contributed by atoms with E-state index in [2.05, 4.69) is 4.98 Å². The smallest absolute Gasteiger partial charge is 0.270 e. The third-order valence-corrected chi connectivity index (χ3v) is 4.13. The zero-order chi connectivity index (χ0) is 14.0. The van der Waals surface area contributed by atoms with Crippen molar-refractivity contribution in [2.24, 2.45) is 0 Å². The van der Waals surface area contributed by atoms with Crippen LogP contribution in [0.25, 0.3) is 0 Å². The average molecular weight is 274 g/mol. The van der Waals surface area contributed by atoms with Gasteiger partial charge >= 0.3 is 0 Å². The van der Waals surface area contributed by atoms with E-state index in [-0.39, 0.29) is 5.91 Å².